The Morgan fingerprint density at radius 3 is 1.01 bits per heavy atom. The molecule has 2 aliphatic rings. The van der Waals surface area contributed by atoms with Crippen LogP contribution in [0, 0.1) is 69.2 Å². The molecule has 0 amide bonds. The van der Waals surface area contributed by atoms with Crippen molar-refractivity contribution in [3.05, 3.63) is 347 Å². The summed E-state index contributed by atoms with van der Waals surface area (Å²) in [6.07, 6.45) is 0. The normalized spacial score (nSPS) is 12.1. The van der Waals surface area contributed by atoms with Gasteiger partial charge in [-0.2, -0.15) is 0 Å². The lowest BCUT2D eigenvalue weighted by atomic mass is 9.33. The van der Waals surface area contributed by atoms with Gasteiger partial charge in [0, 0.05) is 56.6 Å². The van der Waals surface area contributed by atoms with Crippen molar-refractivity contribution >= 4 is 74.3 Å². The average Bonchev–Trinajstić information content (AvgIpc) is 0.689. The number of anilines is 9. The number of nitrogens with zero attached hydrogens (tertiary/aromatic N) is 3. The van der Waals surface area contributed by atoms with Crippen LogP contribution in [0.1, 0.15) is 55.6 Å². The van der Waals surface area contributed by atoms with Gasteiger partial charge >= 0.3 is 0 Å². The summed E-state index contributed by atoms with van der Waals surface area (Å²) in [6.45, 7) is 22.3. The summed E-state index contributed by atoms with van der Waals surface area (Å²) in [5, 5.41) is 0. The van der Waals surface area contributed by atoms with Crippen LogP contribution in [0.15, 0.2) is 291 Å². The second kappa shape index (κ2) is 25.0. The SMILES string of the molecule is Cc1cccc(C)c1-c1ccc(N(c2ccc(-c3c(C)cccc3C)cc2)c2ccc3c(c2)N(c2c(-c4ccccc4)cccc2-c2ccccc2)c2cc(-c4c(C)cccc4C)cc4c2B3c2ccc(-c3c(C)cccc3C)cc2N4c2cccc(-c3c(C)cccc3C)c2)cc1. The van der Waals surface area contributed by atoms with E-state index in [-0.39, 0.29) is 6.71 Å². The van der Waals surface area contributed by atoms with E-state index in [1.54, 1.807) is 0 Å². The predicted molar refractivity (Wildman–Crippen MR) is 421 cm³/mol. The highest BCUT2D eigenvalue weighted by atomic mass is 15.2. The molecule has 3 nitrogen and oxygen atoms in total. The molecule has 0 unspecified atom stereocenters. The maximum Gasteiger partial charge on any atom is 0.252 e. The maximum absolute atomic E-state index is 2.68. The highest BCUT2D eigenvalue weighted by Crippen LogP contribution is 2.53. The molecule has 16 rings (SSSR count). The Hall–Kier alpha value is -11.5. The van der Waals surface area contributed by atoms with E-state index in [0.29, 0.717) is 0 Å². The molecular weight excluding hydrogens is 1180 g/mol. The number of hydrogen-bond acceptors (Lipinski definition) is 3. The number of aryl methyl sites for hydroxylation is 10. The fourth-order valence-corrected chi connectivity index (χ4v) is 16.6. The Kier molecular flexibility index (Phi) is 15.6. The first kappa shape index (κ1) is 61.4. The molecule has 14 aromatic rings. The zero-order valence-electron chi connectivity index (χ0n) is 57.6. The molecule has 0 spiro atoms. The van der Waals surface area contributed by atoms with Gasteiger partial charge in [-0.15, -0.1) is 0 Å². The van der Waals surface area contributed by atoms with E-state index in [4.69, 9.17) is 0 Å². The fraction of sp³-hybridized carbons (Fsp3) is 0.106. The molecule has 0 N–H and O–H groups in total. The molecule has 0 aromatic heterocycles. The van der Waals surface area contributed by atoms with Crippen LogP contribution in [-0.4, -0.2) is 6.71 Å². The van der Waals surface area contributed by atoms with Gasteiger partial charge in [-0.1, -0.05) is 224 Å². The van der Waals surface area contributed by atoms with Crippen molar-refractivity contribution in [2.75, 3.05) is 14.7 Å². The Bertz CT molecular complexity index is 5200. The number of fused-ring (bicyclic) bond motifs is 4. The van der Waals surface area contributed by atoms with Crippen molar-refractivity contribution in [3.63, 3.8) is 0 Å². The van der Waals surface area contributed by atoms with E-state index in [9.17, 15) is 0 Å². The Morgan fingerprint density at radius 2 is 0.561 bits per heavy atom. The first-order chi connectivity index (χ1) is 47.8. The highest BCUT2D eigenvalue weighted by molar-refractivity contribution is 7.00. The molecule has 2 aliphatic heterocycles. The lowest BCUT2D eigenvalue weighted by molar-refractivity contribution is 1.24. The van der Waals surface area contributed by atoms with Crippen molar-refractivity contribution in [3.8, 4) is 77.9 Å². The molecule has 0 saturated carbocycles. The monoisotopic (exact) mass is 1260 g/mol. The Balaban J connectivity index is 1.03. The van der Waals surface area contributed by atoms with Crippen molar-refractivity contribution in [2.24, 2.45) is 0 Å². The predicted octanol–water partition coefficient (Wildman–Crippen LogP) is 24.0. The summed E-state index contributed by atoms with van der Waals surface area (Å²) in [6, 6.07) is 110. The van der Waals surface area contributed by atoms with Gasteiger partial charge in [0.15, 0.2) is 0 Å². The molecule has 0 aliphatic carbocycles. The smallest absolute Gasteiger partial charge is 0.252 e. The second-order valence-electron chi connectivity index (χ2n) is 27.3. The number of hydrogen-bond donors (Lipinski definition) is 0. The molecule has 0 radical (unpaired) electrons. The third kappa shape index (κ3) is 10.5. The van der Waals surface area contributed by atoms with Gasteiger partial charge in [-0.05, 0) is 275 Å². The van der Waals surface area contributed by atoms with Crippen molar-refractivity contribution in [1.82, 2.24) is 0 Å². The summed E-state index contributed by atoms with van der Waals surface area (Å²) in [5.41, 5.74) is 43.1. The van der Waals surface area contributed by atoms with Crippen LogP contribution in [0.25, 0.3) is 77.9 Å². The Labute approximate surface area is 579 Å². The van der Waals surface area contributed by atoms with Gasteiger partial charge in [0.2, 0.25) is 0 Å². The Morgan fingerprint density at radius 1 is 0.235 bits per heavy atom. The largest absolute Gasteiger partial charge is 0.311 e. The summed E-state index contributed by atoms with van der Waals surface area (Å²) in [5.74, 6) is 0. The molecular formula is C94H78BN3. The number of benzene rings is 14. The van der Waals surface area contributed by atoms with Crippen LogP contribution in [0.4, 0.5) is 51.2 Å². The van der Waals surface area contributed by atoms with Crippen molar-refractivity contribution in [1.29, 1.82) is 0 Å². The molecule has 0 fully saturated rings. The van der Waals surface area contributed by atoms with Crippen LogP contribution in [-0.2, 0) is 0 Å². The third-order valence-corrected chi connectivity index (χ3v) is 20.9. The summed E-state index contributed by atoms with van der Waals surface area (Å²) in [7, 11) is 0. The van der Waals surface area contributed by atoms with Gasteiger partial charge in [-0.25, -0.2) is 0 Å². The molecule has 472 valence electrons. The molecule has 4 heteroatoms. The lowest BCUT2D eigenvalue weighted by Crippen LogP contribution is -2.61. The fourth-order valence-electron chi connectivity index (χ4n) is 16.6. The van der Waals surface area contributed by atoms with Crippen LogP contribution < -0.4 is 31.1 Å². The van der Waals surface area contributed by atoms with Crippen molar-refractivity contribution < 1.29 is 0 Å². The molecule has 0 atom stereocenters. The van der Waals surface area contributed by atoms with Crippen molar-refractivity contribution in [2.45, 2.75) is 69.2 Å². The number of rotatable bonds is 12. The summed E-state index contributed by atoms with van der Waals surface area (Å²) >= 11 is 0. The number of para-hydroxylation sites is 1. The minimum absolute atomic E-state index is 0.196. The molecule has 2 heterocycles. The quantitative estimate of drug-likeness (QED) is 0.113. The lowest BCUT2D eigenvalue weighted by Gasteiger charge is -2.45. The summed E-state index contributed by atoms with van der Waals surface area (Å²) < 4.78 is 0. The van der Waals surface area contributed by atoms with E-state index >= 15 is 0 Å². The van der Waals surface area contributed by atoms with E-state index in [0.717, 1.165) is 73.3 Å². The van der Waals surface area contributed by atoms with E-state index in [1.165, 1.54) is 128 Å². The van der Waals surface area contributed by atoms with Crippen LogP contribution in [0.5, 0.6) is 0 Å². The maximum atomic E-state index is 2.68. The van der Waals surface area contributed by atoms with Crippen LogP contribution in [0.3, 0.4) is 0 Å². The zero-order chi connectivity index (χ0) is 67.0. The van der Waals surface area contributed by atoms with E-state index in [2.05, 4.69) is 375 Å². The average molecular weight is 1260 g/mol. The molecule has 0 bridgehead atoms. The van der Waals surface area contributed by atoms with Gasteiger partial charge < -0.3 is 14.7 Å². The minimum Gasteiger partial charge on any atom is -0.311 e. The highest BCUT2D eigenvalue weighted by Gasteiger charge is 2.45. The topological polar surface area (TPSA) is 9.72 Å². The standard InChI is InChI=1S/C94H78BN3/c1-59-24-17-25-60(2)88(59)71-42-47-76(48-43-71)96(77-49-44-72(45-50-77)89-61(3)26-18-27-62(89)4)79-51-53-83-85(58-79)98(94-80(69-34-13-11-14-35-69)40-23-41-81(94)70-36-15-12-16-37-70)87-57-75(92-67(9)32-21-33-68(92)10)56-86-93(87)95(83)82-52-46-74(91-65(7)30-20-31-66(91)8)55-84(82)97(86)78-39-22-38-73(54-78)90-63(5)28-19-29-64(90)6/h11-58H,1-10H3. The van der Waals surface area contributed by atoms with Gasteiger partial charge in [0.05, 0.1) is 5.69 Å². The van der Waals surface area contributed by atoms with E-state index < -0.39 is 0 Å². The molecule has 98 heavy (non-hydrogen) atoms. The van der Waals surface area contributed by atoms with Crippen LogP contribution in [0.2, 0.25) is 0 Å². The summed E-state index contributed by atoms with van der Waals surface area (Å²) in [4.78, 5) is 7.79. The van der Waals surface area contributed by atoms with E-state index in [1.807, 2.05) is 0 Å². The minimum atomic E-state index is -0.196. The second-order valence-corrected chi connectivity index (χ2v) is 27.3. The van der Waals surface area contributed by atoms with Gasteiger partial charge in [0.25, 0.3) is 6.71 Å². The first-order valence-corrected chi connectivity index (χ1v) is 34.5. The zero-order valence-corrected chi connectivity index (χ0v) is 57.6. The first-order valence-electron chi connectivity index (χ1n) is 34.5. The molecule has 14 aromatic carbocycles. The van der Waals surface area contributed by atoms with Gasteiger partial charge in [-0.3, -0.25) is 0 Å². The van der Waals surface area contributed by atoms with Gasteiger partial charge in [0.1, 0.15) is 0 Å². The third-order valence-electron chi connectivity index (χ3n) is 20.9. The molecule has 0 saturated heterocycles. The van der Waals surface area contributed by atoms with Crippen LogP contribution >= 0.6 is 0 Å².